The van der Waals surface area contributed by atoms with Crippen molar-refractivity contribution in [2.75, 3.05) is 0 Å². The van der Waals surface area contributed by atoms with E-state index in [0.717, 1.165) is 5.56 Å². The van der Waals surface area contributed by atoms with Gasteiger partial charge in [0.2, 0.25) is 5.90 Å². The van der Waals surface area contributed by atoms with Gasteiger partial charge in [0.25, 0.3) is 0 Å². The highest BCUT2D eigenvalue weighted by Crippen LogP contribution is 2.20. The van der Waals surface area contributed by atoms with E-state index in [9.17, 15) is 9.59 Å². The monoisotopic (exact) mass is 333 g/mol. The molecule has 0 radical (unpaired) electrons. The molecular weight excluding hydrogens is 318 g/mol. The summed E-state index contributed by atoms with van der Waals surface area (Å²) in [4.78, 5) is 27.1. The van der Waals surface area contributed by atoms with E-state index in [2.05, 4.69) is 4.99 Å². The highest BCUT2D eigenvalue weighted by molar-refractivity contribution is 6.11. The Morgan fingerprint density at radius 2 is 1.80 bits per heavy atom. The van der Waals surface area contributed by atoms with E-state index in [0.29, 0.717) is 11.3 Å². The SMILES string of the molecule is CC(=O)Oc1cccc(C=C2N=C(C=Cc3ccccc3)OC2=O)c1. The molecule has 2 aromatic rings. The number of hydrogen-bond donors (Lipinski definition) is 0. The van der Waals surface area contributed by atoms with E-state index < -0.39 is 11.9 Å². The van der Waals surface area contributed by atoms with Gasteiger partial charge in [0.15, 0.2) is 5.70 Å². The van der Waals surface area contributed by atoms with Crippen LogP contribution < -0.4 is 4.74 Å². The third-order valence-electron chi connectivity index (χ3n) is 3.28. The van der Waals surface area contributed by atoms with E-state index in [-0.39, 0.29) is 11.6 Å². The lowest BCUT2D eigenvalue weighted by molar-refractivity contribution is -0.132. The Bertz CT molecular complexity index is 895. The molecule has 0 spiro atoms. The van der Waals surface area contributed by atoms with Crippen molar-refractivity contribution in [2.24, 2.45) is 4.99 Å². The van der Waals surface area contributed by atoms with Crippen LogP contribution >= 0.6 is 0 Å². The van der Waals surface area contributed by atoms with Crippen LogP contribution in [0, 0.1) is 0 Å². The van der Waals surface area contributed by atoms with E-state index in [1.54, 1.807) is 36.4 Å². The van der Waals surface area contributed by atoms with Gasteiger partial charge in [0, 0.05) is 13.0 Å². The molecule has 0 saturated carbocycles. The van der Waals surface area contributed by atoms with Crippen molar-refractivity contribution < 1.29 is 19.1 Å². The maximum Gasteiger partial charge on any atom is 0.363 e. The maximum atomic E-state index is 11.9. The summed E-state index contributed by atoms with van der Waals surface area (Å²) >= 11 is 0. The molecule has 3 rings (SSSR count). The lowest BCUT2D eigenvalue weighted by Crippen LogP contribution is -2.02. The molecule has 0 N–H and O–H groups in total. The summed E-state index contributed by atoms with van der Waals surface area (Å²) in [7, 11) is 0. The fourth-order valence-electron chi connectivity index (χ4n) is 2.22. The summed E-state index contributed by atoms with van der Waals surface area (Å²) in [6, 6.07) is 16.5. The third kappa shape index (κ3) is 4.51. The van der Waals surface area contributed by atoms with Crippen LogP contribution in [0.2, 0.25) is 0 Å². The van der Waals surface area contributed by atoms with E-state index >= 15 is 0 Å². The number of benzene rings is 2. The zero-order valence-corrected chi connectivity index (χ0v) is 13.5. The minimum atomic E-state index is -0.523. The van der Waals surface area contributed by atoms with Crippen LogP contribution in [0.4, 0.5) is 0 Å². The summed E-state index contributed by atoms with van der Waals surface area (Å²) in [6.45, 7) is 1.33. The molecule has 0 fully saturated rings. The molecular formula is C20H15NO4. The van der Waals surface area contributed by atoms with Gasteiger partial charge in [0.1, 0.15) is 5.75 Å². The molecule has 25 heavy (non-hydrogen) atoms. The average Bonchev–Trinajstić information content (AvgIpc) is 2.93. The topological polar surface area (TPSA) is 65.0 Å². The first-order chi connectivity index (χ1) is 12.1. The molecule has 0 amide bonds. The lowest BCUT2D eigenvalue weighted by atomic mass is 10.2. The number of aliphatic imine (C=N–C) groups is 1. The summed E-state index contributed by atoms with van der Waals surface area (Å²) in [5.41, 5.74) is 1.85. The Balaban J connectivity index is 1.79. The molecule has 0 unspecified atom stereocenters. The number of rotatable bonds is 4. The molecule has 0 bridgehead atoms. The number of carbonyl (C=O) groups is 2. The van der Waals surface area contributed by atoms with Crippen LogP contribution in [-0.2, 0) is 14.3 Å². The van der Waals surface area contributed by atoms with E-state index in [4.69, 9.17) is 9.47 Å². The maximum absolute atomic E-state index is 11.9. The van der Waals surface area contributed by atoms with Crippen molar-refractivity contribution >= 4 is 30.0 Å². The van der Waals surface area contributed by atoms with Gasteiger partial charge in [-0.15, -0.1) is 0 Å². The fourth-order valence-corrected chi connectivity index (χ4v) is 2.22. The fraction of sp³-hybridized carbons (Fsp3) is 0.0500. The number of cyclic esters (lactones) is 1. The Hall–Kier alpha value is -3.47. The van der Waals surface area contributed by atoms with Crippen LogP contribution in [-0.4, -0.2) is 17.8 Å². The first-order valence-electron chi connectivity index (χ1n) is 7.64. The smallest absolute Gasteiger partial charge is 0.363 e. The number of esters is 2. The Labute approximate surface area is 144 Å². The first kappa shape index (κ1) is 16.4. The van der Waals surface area contributed by atoms with Crippen LogP contribution in [0.25, 0.3) is 12.2 Å². The number of carbonyl (C=O) groups excluding carboxylic acids is 2. The molecule has 1 aliphatic heterocycles. The van der Waals surface area contributed by atoms with Gasteiger partial charge in [-0.25, -0.2) is 9.79 Å². The first-order valence-corrected chi connectivity index (χ1v) is 7.64. The van der Waals surface area contributed by atoms with Crippen molar-refractivity contribution in [1.82, 2.24) is 0 Å². The summed E-state index contributed by atoms with van der Waals surface area (Å²) in [5.74, 6) is -0.292. The van der Waals surface area contributed by atoms with Crippen LogP contribution in [0.1, 0.15) is 18.1 Å². The van der Waals surface area contributed by atoms with Gasteiger partial charge < -0.3 is 9.47 Å². The average molecular weight is 333 g/mol. The van der Waals surface area contributed by atoms with Gasteiger partial charge in [-0.05, 0) is 35.4 Å². The third-order valence-corrected chi connectivity index (χ3v) is 3.28. The van der Waals surface area contributed by atoms with Gasteiger partial charge >= 0.3 is 11.9 Å². The van der Waals surface area contributed by atoms with Crippen molar-refractivity contribution in [3.05, 3.63) is 77.5 Å². The molecule has 5 nitrogen and oxygen atoms in total. The molecule has 0 aromatic heterocycles. The molecule has 0 saturated heterocycles. The highest BCUT2D eigenvalue weighted by Gasteiger charge is 2.21. The second-order valence-electron chi connectivity index (χ2n) is 5.28. The number of nitrogens with zero attached hydrogens (tertiary/aromatic N) is 1. The van der Waals surface area contributed by atoms with E-state index in [1.807, 2.05) is 36.4 Å². The van der Waals surface area contributed by atoms with Gasteiger partial charge in [-0.2, -0.15) is 0 Å². The lowest BCUT2D eigenvalue weighted by Gasteiger charge is -2.01. The van der Waals surface area contributed by atoms with Crippen molar-refractivity contribution in [2.45, 2.75) is 6.92 Å². The van der Waals surface area contributed by atoms with E-state index in [1.165, 1.54) is 6.92 Å². The molecule has 5 heteroatoms. The molecule has 0 atom stereocenters. The second kappa shape index (κ2) is 7.40. The molecule has 0 aliphatic carbocycles. The minimum absolute atomic E-state index is 0.188. The van der Waals surface area contributed by atoms with Crippen LogP contribution in [0.3, 0.4) is 0 Å². The van der Waals surface area contributed by atoms with Crippen LogP contribution in [0.5, 0.6) is 5.75 Å². The normalized spacial score (nSPS) is 15.3. The largest absolute Gasteiger partial charge is 0.427 e. The molecule has 2 aromatic carbocycles. The van der Waals surface area contributed by atoms with Gasteiger partial charge in [-0.1, -0.05) is 42.5 Å². The Kier molecular flexibility index (Phi) is 4.85. The van der Waals surface area contributed by atoms with Crippen LogP contribution in [0.15, 0.2) is 71.4 Å². The summed E-state index contributed by atoms with van der Waals surface area (Å²) in [5, 5.41) is 0. The van der Waals surface area contributed by atoms with Gasteiger partial charge in [0.05, 0.1) is 0 Å². The summed E-state index contributed by atoms with van der Waals surface area (Å²) < 4.78 is 10.2. The van der Waals surface area contributed by atoms with Crippen molar-refractivity contribution in [3.63, 3.8) is 0 Å². The summed E-state index contributed by atoms with van der Waals surface area (Å²) in [6.07, 6.45) is 5.04. The minimum Gasteiger partial charge on any atom is -0.427 e. The number of hydrogen-bond acceptors (Lipinski definition) is 5. The zero-order chi connectivity index (χ0) is 17.6. The Morgan fingerprint density at radius 1 is 1.04 bits per heavy atom. The molecule has 1 heterocycles. The van der Waals surface area contributed by atoms with Crippen molar-refractivity contribution in [3.8, 4) is 5.75 Å². The quantitative estimate of drug-likeness (QED) is 0.487. The second-order valence-corrected chi connectivity index (χ2v) is 5.28. The number of ether oxygens (including phenoxy) is 2. The predicted octanol–water partition coefficient (Wildman–Crippen LogP) is 3.62. The van der Waals surface area contributed by atoms with Crippen molar-refractivity contribution in [1.29, 1.82) is 0 Å². The van der Waals surface area contributed by atoms with Gasteiger partial charge in [-0.3, -0.25) is 4.79 Å². The Morgan fingerprint density at radius 3 is 2.56 bits per heavy atom. The predicted molar refractivity (Wildman–Crippen MR) is 94.7 cm³/mol. The highest BCUT2D eigenvalue weighted by atomic mass is 16.6. The standard InChI is InChI=1S/C20H15NO4/c1-14(22)24-17-9-5-8-16(12-17)13-18-20(23)25-19(21-18)11-10-15-6-3-2-4-7-15/h2-13H,1H3. The molecule has 124 valence electrons. The zero-order valence-electron chi connectivity index (χ0n) is 13.5. The molecule has 1 aliphatic rings.